The number of rotatable bonds is 9. The first-order valence-corrected chi connectivity index (χ1v) is 12.6. The largest absolute Gasteiger partial charge is 0.464 e. The number of carbonyl (C=O) groups excluding carboxylic acids is 2. The van der Waals surface area contributed by atoms with Crippen LogP contribution in [0.5, 0.6) is 0 Å². The number of methoxy groups -OCH3 is 1. The summed E-state index contributed by atoms with van der Waals surface area (Å²) in [6, 6.07) is 22.0. The molecule has 0 radical (unpaired) electrons. The smallest absolute Gasteiger partial charge is 0.327 e. The van der Waals surface area contributed by atoms with Crippen molar-refractivity contribution in [1.29, 1.82) is 0 Å². The van der Waals surface area contributed by atoms with Crippen molar-refractivity contribution in [3.8, 4) is 11.3 Å². The maximum absolute atomic E-state index is 13.7. The monoisotopic (exact) mass is 487 g/mol. The van der Waals surface area contributed by atoms with Gasteiger partial charge in [0.2, 0.25) is 0 Å². The van der Waals surface area contributed by atoms with E-state index < -0.39 is 5.54 Å². The van der Waals surface area contributed by atoms with Crippen molar-refractivity contribution in [2.24, 2.45) is 0 Å². The molecule has 7 nitrogen and oxygen atoms in total. The molecule has 2 saturated heterocycles. The fraction of sp³-hybridized carbons (Fsp3) is 0.379. The van der Waals surface area contributed by atoms with Gasteiger partial charge in [-0.15, -0.1) is 0 Å². The lowest BCUT2D eigenvalue weighted by atomic mass is 9.85. The molecular formula is C29H33N3O4. The number of hydrogen-bond donors (Lipinski definition) is 0. The van der Waals surface area contributed by atoms with E-state index in [-0.39, 0.29) is 11.9 Å². The third-order valence-corrected chi connectivity index (χ3v) is 7.43. The molecule has 2 aliphatic heterocycles. The molecule has 188 valence electrons. The van der Waals surface area contributed by atoms with Crippen LogP contribution in [-0.4, -0.2) is 72.1 Å². The Kier molecular flexibility index (Phi) is 7.20. The van der Waals surface area contributed by atoms with Crippen LogP contribution in [0.25, 0.3) is 11.3 Å². The topological polar surface area (TPSA) is 66.2 Å². The number of piperidine rings is 1. The van der Waals surface area contributed by atoms with Gasteiger partial charge in [0.25, 0.3) is 5.91 Å². The van der Waals surface area contributed by atoms with E-state index in [1.165, 1.54) is 10.5 Å². The molecule has 0 atom stereocenters. The first-order chi connectivity index (χ1) is 17.6. The van der Waals surface area contributed by atoms with Crippen LogP contribution in [-0.2, 0) is 22.5 Å². The second-order valence-electron chi connectivity index (χ2n) is 9.60. The predicted molar refractivity (Wildman–Crippen MR) is 137 cm³/mol. The first kappa shape index (κ1) is 24.3. The normalized spacial score (nSPS) is 17.9. The molecule has 1 aromatic heterocycles. The number of likely N-dealkylation sites (tertiary alicyclic amines) is 1. The van der Waals surface area contributed by atoms with Gasteiger partial charge in [-0.2, -0.15) is 0 Å². The van der Waals surface area contributed by atoms with Crippen molar-refractivity contribution >= 4 is 11.9 Å². The van der Waals surface area contributed by atoms with Gasteiger partial charge in [0, 0.05) is 45.4 Å². The molecule has 3 heterocycles. The van der Waals surface area contributed by atoms with E-state index in [2.05, 4.69) is 23.1 Å². The molecule has 0 saturated carbocycles. The minimum absolute atomic E-state index is 0.0565. The molecule has 2 aromatic carbocycles. The van der Waals surface area contributed by atoms with Crippen molar-refractivity contribution in [2.75, 3.05) is 39.9 Å². The van der Waals surface area contributed by atoms with Crippen LogP contribution in [0.3, 0.4) is 0 Å². The summed E-state index contributed by atoms with van der Waals surface area (Å²) in [4.78, 5) is 32.7. The number of ether oxygens (including phenoxy) is 1. The number of furan rings is 1. The third kappa shape index (κ3) is 4.81. The van der Waals surface area contributed by atoms with Gasteiger partial charge in [0.05, 0.1) is 12.9 Å². The minimum Gasteiger partial charge on any atom is -0.464 e. The highest BCUT2D eigenvalue weighted by atomic mass is 16.5. The van der Waals surface area contributed by atoms with Crippen molar-refractivity contribution < 1.29 is 18.7 Å². The maximum Gasteiger partial charge on any atom is 0.327 e. The fourth-order valence-electron chi connectivity index (χ4n) is 5.45. The average Bonchev–Trinajstić information content (AvgIpc) is 3.51. The Morgan fingerprint density at radius 1 is 0.917 bits per heavy atom. The lowest BCUT2D eigenvalue weighted by Gasteiger charge is -2.42. The molecule has 3 amide bonds. The number of benzene rings is 2. The van der Waals surface area contributed by atoms with Gasteiger partial charge < -0.3 is 14.1 Å². The van der Waals surface area contributed by atoms with Crippen LogP contribution in [0, 0.1) is 0 Å². The molecule has 3 aromatic rings. The molecule has 7 heteroatoms. The summed E-state index contributed by atoms with van der Waals surface area (Å²) in [6.45, 7) is 3.53. The lowest BCUT2D eigenvalue weighted by Crippen LogP contribution is -2.57. The van der Waals surface area contributed by atoms with Gasteiger partial charge in [-0.1, -0.05) is 48.5 Å². The highest BCUT2D eigenvalue weighted by molar-refractivity contribution is 6.07. The summed E-state index contributed by atoms with van der Waals surface area (Å²) in [6.07, 6.45) is 3.59. The van der Waals surface area contributed by atoms with Crippen molar-refractivity contribution in [1.82, 2.24) is 14.7 Å². The van der Waals surface area contributed by atoms with Crippen LogP contribution in [0.15, 0.2) is 77.4 Å². The Morgan fingerprint density at radius 2 is 1.69 bits per heavy atom. The van der Waals surface area contributed by atoms with Gasteiger partial charge in [0.1, 0.15) is 11.3 Å². The molecule has 0 N–H and O–H groups in total. The zero-order chi connectivity index (χ0) is 25.0. The van der Waals surface area contributed by atoms with Crippen molar-refractivity contribution in [3.05, 3.63) is 84.1 Å². The number of carbonyl (C=O) groups is 2. The van der Waals surface area contributed by atoms with E-state index in [4.69, 9.17) is 9.15 Å². The summed E-state index contributed by atoms with van der Waals surface area (Å²) in [7, 11) is 1.63. The zero-order valence-corrected chi connectivity index (χ0v) is 20.8. The Labute approximate surface area is 212 Å². The third-order valence-electron chi connectivity index (χ3n) is 7.43. The van der Waals surface area contributed by atoms with Crippen LogP contribution in [0.2, 0.25) is 0 Å². The second kappa shape index (κ2) is 10.7. The standard InChI is InChI=1S/C29H33N3O4/c1-35-20-18-32-28(34)31(15-12-23-7-3-2-4-8-23)27(33)29(32)13-16-30(17-14-29)22-24-9-5-10-25(21-24)26-11-6-19-36-26/h2-11,19,21H,12-18,20,22H2,1H3. The molecule has 5 rings (SSSR count). The van der Waals surface area contributed by atoms with Crippen molar-refractivity contribution in [3.63, 3.8) is 0 Å². The first-order valence-electron chi connectivity index (χ1n) is 12.6. The highest BCUT2D eigenvalue weighted by Gasteiger charge is 2.57. The molecule has 36 heavy (non-hydrogen) atoms. The van der Waals surface area contributed by atoms with E-state index in [1.807, 2.05) is 48.5 Å². The number of urea groups is 1. The summed E-state index contributed by atoms with van der Waals surface area (Å²) in [5.74, 6) is 0.799. The van der Waals surface area contributed by atoms with E-state index in [0.29, 0.717) is 39.0 Å². The number of imide groups is 1. The summed E-state index contributed by atoms with van der Waals surface area (Å²) in [5, 5.41) is 0. The molecular weight excluding hydrogens is 454 g/mol. The van der Waals surface area contributed by atoms with Crippen LogP contribution < -0.4 is 0 Å². The van der Waals surface area contributed by atoms with Crippen LogP contribution in [0.1, 0.15) is 24.0 Å². The van der Waals surface area contributed by atoms with Crippen LogP contribution in [0.4, 0.5) is 4.79 Å². The number of nitrogens with zero attached hydrogens (tertiary/aromatic N) is 3. The highest BCUT2D eigenvalue weighted by Crippen LogP contribution is 2.37. The SMILES string of the molecule is COCCN1C(=O)N(CCc2ccccc2)C(=O)C12CCN(Cc1cccc(-c3ccco3)c1)CC2. The van der Waals surface area contributed by atoms with Gasteiger partial charge in [-0.25, -0.2) is 4.79 Å². The predicted octanol–water partition coefficient (Wildman–Crippen LogP) is 4.43. The average molecular weight is 488 g/mol. The second-order valence-corrected chi connectivity index (χ2v) is 9.60. The fourth-order valence-corrected chi connectivity index (χ4v) is 5.45. The Balaban J connectivity index is 1.27. The van der Waals surface area contributed by atoms with E-state index >= 15 is 0 Å². The van der Waals surface area contributed by atoms with E-state index in [0.717, 1.165) is 36.5 Å². The Bertz CT molecular complexity index is 1170. The molecule has 2 aliphatic rings. The maximum atomic E-state index is 13.7. The van der Waals surface area contributed by atoms with Gasteiger partial charge in [-0.3, -0.25) is 14.6 Å². The molecule has 0 unspecified atom stereocenters. The van der Waals surface area contributed by atoms with Crippen molar-refractivity contribution in [2.45, 2.75) is 31.3 Å². The molecule has 0 aliphatic carbocycles. The Morgan fingerprint density at radius 3 is 2.42 bits per heavy atom. The van der Waals surface area contributed by atoms with E-state index in [1.54, 1.807) is 18.3 Å². The molecule has 2 fully saturated rings. The summed E-state index contributed by atoms with van der Waals surface area (Å²) >= 11 is 0. The Hall–Kier alpha value is -3.42. The van der Waals surface area contributed by atoms with Gasteiger partial charge in [0.15, 0.2) is 0 Å². The molecule has 1 spiro atoms. The van der Waals surface area contributed by atoms with Crippen LogP contribution >= 0.6 is 0 Å². The summed E-state index contributed by atoms with van der Waals surface area (Å²) < 4.78 is 10.8. The number of amides is 3. The van der Waals surface area contributed by atoms with Gasteiger partial charge in [-0.05, 0) is 48.6 Å². The quantitative estimate of drug-likeness (QED) is 0.418. The van der Waals surface area contributed by atoms with Gasteiger partial charge >= 0.3 is 6.03 Å². The number of hydrogen-bond acceptors (Lipinski definition) is 5. The summed E-state index contributed by atoms with van der Waals surface area (Å²) in [5.41, 5.74) is 2.60. The minimum atomic E-state index is -0.779. The zero-order valence-electron chi connectivity index (χ0n) is 20.8. The van der Waals surface area contributed by atoms with E-state index in [9.17, 15) is 9.59 Å². The lowest BCUT2D eigenvalue weighted by molar-refractivity contribution is -0.135. The molecule has 0 bridgehead atoms.